The van der Waals surface area contributed by atoms with Crippen LogP contribution >= 0.6 is 0 Å². The minimum absolute atomic E-state index is 1.04. The third-order valence-electron chi connectivity index (χ3n) is 4.44. The van der Waals surface area contributed by atoms with Gasteiger partial charge in [0.25, 0.3) is 0 Å². The number of para-hydroxylation sites is 1. The highest BCUT2D eigenvalue weighted by atomic mass is 15.4. The second kappa shape index (κ2) is 6.29. The highest BCUT2D eigenvalue weighted by Gasteiger charge is 2.18. The lowest BCUT2D eigenvalue weighted by Gasteiger charge is -2.28. The van der Waals surface area contributed by atoms with Crippen LogP contribution in [0.4, 0.5) is 5.82 Å². The zero-order valence-corrected chi connectivity index (χ0v) is 13.2. The summed E-state index contributed by atoms with van der Waals surface area (Å²) in [7, 11) is 0. The summed E-state index contributed by atoms with van der Waals surface area (Å²) in [6, 6.07) is 23.1. The van der Waals surface area contributed by atoms with Crippen LogP contribution in [0.3, 0.4) is 0 Å². The van der Waals surface area contributed by atoms with Crippen molar-refractivity contribution in [2.24, 2.45) is 0 Å². The van der Waals surface area contributed by atoms with Gasteiger partial charge in [0, 0.05) is 24.7 Å². The van der Waals surface area contributed by atoms with E-state index in [0.29, 0.717) is 0 Å². The summed E-state index contributed by atoms with van der Waals surface area (Å²) in [6.07, 6.45) is 3.86. The fourth-order valence-corrected chi connectivity index (χ4v) is 3.23. The molecule has 1 saturated heterocycles. The molecular weight excluding hydrogens is 282 g/mol. The van der Waals surface area contributed by atoms with Crippen LogP contribution in [0.1, 0.15) is 19.3 Å². The molecule has 2 heterocycles. The van der Waals surface area contributed by atoms with E-state index in [1.54, 1.807) is 0 Å². The molecule has 3 aromatic rings. The second-order valence-corrected chi connectivity index (χ2v) is 6.05. The van der Waals surface area contributed by atoms with Crippen molar-refractivity contribution < 1.29 is 0 Å². The molecule has 1 aromatic heterocycles. The molecule has 116 valence electrons. The lowest BCUT2D eigenvalue weighted by molar-refractivity contribution is 0.567. The van der Waals surface area contributed by atoms with Crippen LogP contribution in [0.5, 0.6) is 0 Å². The average molecular weight is 303 g/mol. The van der Waals surface area contributed by atoms with Crippen molar-refractivity contribution in [3.8, 4) is 16.9 Å². The van der Waals surface area contributed by atoms with E-state index in [4.69, 9.17) is 5.10 Å². The molecule has 3 heteroatoms. The highest BCUT2D eigenvalue weighted by Crippen LogP contribution is 2.28. The maximum Gasteiger partial charge on any atom is 0.133 e. The van der Waals surface area contributed by atoms with Gasteiger partial charge >= 0.3 is 0 Å². The summed E-state index contributed by atoms with van der Waals surface area (Å²) in [5.41, 5.74) is 3.32. The monoisotopic (exact) mass is 303 g/mol. The number of benzene rings is 2. The van der Waals surface area contributed by atoms with Gasteiger partial charge in [0.05, 0.1) is 11.4 Å². The van der Waals surface area contributed by atoms with Gasteiger partial charge in [-0.2, -0.15) is 5.10 Å². The maximum absolute atomic E-state index is 4.90. The van der Waals surface area contributed by atoms with Gasteiger partial charge in [-0.1, -0.05) is 48.5 Å². The molecule has 1 aliphatic rings. The third kappa shape index (κ3) is 2.87. The normalized spacial score (nSPS) is 14.9. The molecule has 0 amide bonds. The Hall–Kier alpha value is -2.55. The predicted octanol–water partition coefficient (Wildman–Crippen LogP) is 4.53. The molecule has 23 heavy (non-hydrogen) atoms. The Morgan fingerprint density at radius 1 is 0.739 bits per heavy atom. The molecule has 0 radical (unpaired) electrons. The molecule has 0 bridgehead atoms. The number of piperidine rings is 1. The standard InChI is InChI=1S/C20H21N3/c1-4-10-17(11-5-1)19-16-20(22-14-8-3-9-15-22)23(21-19)18-12-6-2-7-13-18/h1-2,4-7,10-13,16H,3,8-9,14-15H2. The van der Waals surface area contributed by atoms with E-state index in [1.165, 1.54) is 30.6 Å². The zero-order valence-electron chi connectivity index (χ0n) is 13.2. The first-order chi connectivity index (χ1) is 11.4. The summed E-state index contributed by atoms with van der Waals surface area (Å²) in [5.74, 6) is 1.20. The maximum atomic E-state index is 4.90. The van der Waals surface area contributed by atoms with Crippen LogP contribution in [-0.2, 0) is 0 Å². The van der Waals surface area contributed by atoms with Crippen LogP contribution in [0.2, 0.25) is 0 Å². The Morgan fingerprint density at radius 3 is 2.09 bits per heavy atom. The molecule has 0 aliphatic carbocycles. The molecular formula is C20H21N3. The van der Waals surface area contributed by atoms with E-state index in [2.05, 4.69) is 64.2 Å². The first-order valence-corrected chi connectivity index (χ1v) is 8.38. The summed E-state index contributed by atoms with van der Waals surface area (Å²) in [6.45, 7) is 2.24. The minimum atomic E-state index is 1.04. The lowest BCUT2D eigenvalue weighted by Crippen LogP contribution is -2.31. The van der Waals surface area contributed by atoms with Crippen molar-refractivity contribution in [2.45, 2.75) is 19.3 Å². The molecule has 2 aromatic carbocycles. The van der Waals surface area contributed by atoms with Crippen molar-refractivity contribution in [1.82, 2.24) is 9.78 Å². The van der Waals surface area contributed by atoms with Gasteiger partial charge in [-0.15, -0.1) is 0 Å². The molecule has 4 rings (SSSR count). The third-order valence-corrected chi connectivity index (χ3v) is 4.44. The van der Waals surface area contributed by atoms with Crippen LogP contribution in [0.15, 0.2) is 66.7 Å². The van der Waals surface area contributed by atoms with Gasteiger partial charge in [-0.05, 0) is 31.4 Å². The number of nitrogens with zero attached hydrogens (tertiary/aromatic N) is 3. The second-order valence-electron chi connectivity index (χ2n) is 6.05. The fourth-order valence-electron chi connectivity index (χ4n) is 3.23. The number of anilines is 1. The smallest absolute Gasteiger partial charge is 0.133 e. The summed E-state index contributed by atoms with van der Waals surface area (Å²) in [5, 5.41) is 4.90. The number of aromatic nitrogens is 2. The molecule has 0 saturated carbocycles. The van der Waals surface area contributed by atoms with Gasteiger partial charge in [0.2, 0.25) is 0 Å². The van der Waals surface area contributed by atoms with E-state index in [1.807, 2.05) is 12.1 Å². The molecule has 0 atom stereocenters. The van der Waals surface area contributed by atoms with Crippen LogP contribution < -0.4 is 4.90 Å². The van der Waals surface area contributed by atoms with E-state index in [9.17, 15) is 0 Å². The van der Waals surface area contributed by atoms with Crippen molar-refractivity contribution in [3.63, 3.8) is 0 Å². The largest absolute Gasteiger partial charge is 0.356 e. The first kappa shape index (κ1) is 14.1. The van der Waals surface area contributed by atoms with Gasteiger partial charge in [0.15, 0.2) is 0 Å². The van der Waals surface area contributed by atoms with Crippen molar-refractivity contribution >= 4 is 5.82 Å². The van der Waals surface area contributed by atoms with E-state index < -0.39 is 0 Å². The molecule has 1 fully saturated rings. The van der Waals surface area contributed by atoms with E-state index in [-0.39, 0.29) is 0 Å². The quantitative estimate of drug-likeness (QED) is 0.709. The van der Waals surface area contributed by atoms with Gasteiger partial charge in [-0.25, -0.2) is 4.68 Å². The fraction of sp³-hybridized carbons (Fsp3) is 0.250. The minimum Gasteiger partial charge on any atom is -0.356 e. The number of rotatable bonds is 3. The lowest BCUT2D eigenvalue weighted by atomic mass is 10.1. The zero-order chi connectivity index (χ0) is 15.5. The average Bonchev–Trinajstić information content (AvgIpc) is 3.09. The summed E-state index contributed by atoms with van der Waals surface area (Å²) < 4.78 is 2.09. The van der Waals surface area contributed by atoms with Crippen LogP contribution in [0.25, 0.3) is 16.9 Å². The van der Waals surface area contributed by atoms with E-state index >= 15 is 0 Å². The number of hydrogen-bond acceptors (Lipinski definition) is 2. The summed E-state index contributed by atoms with van der Waals surface area (Å²) >= 11 is 0. The topological polar surface area (TPSA) is 21.1 Å². The van der Waals surface area contributed by atoms with Gasteiger partial charge in [-0.3, -0.25) is 0 Å². The van der Waals surface area contributed by atoms with Crippen molar-refractivity contribution in [2.75, 3.05) is 18.0 Å². The van der Waals surface area contributed by atoms with E-state index in [0.717, 1.165) is 24.5 Å². The molecule has 0 unspecified atom stereocenters. The molecule has 1 aliphatic heterocycles. The Labute approximate surface area is 137 Å². The van der Waals surface area contributed by atoms with Crippen LogP contribution in [0, 0.1) is 0 Å². The SMILES string of the molecule is c1ccc(-c2cc(N3CCCCC3)n(-c3ccccc3)n2)cc1. The first-order valence-electron chi connectivity index (χ1n) is 8.38. The van der Waals surface area contributed by atoms with Crippen molar-refractivity contribution in [3.05, 3.63) is 66.7 Å². The van der Waals surface area contributed by atoms with Crippen LogP contribution in [-0.4, -0.2) is 22.9 Å². The van der Waals surface area contributed by atoms with Gasteiger partial charge < -0.3 is 4.90 Å². The predicted molar refractivity (Wildman–Crippen MR) is 95.1 cm³/mol. The Balaban J connectivity index is 1.80. The molecule has 3 nitrogen and oxygen atoms in total. The molecule has 0 spiro atoms. The molecule has 0 N–H and O–H groups in total. The Kier molecular flexibility index (Phi) is 3.85. The Bertz CT molecular complexity index is 756. The van der Waals surface area contributed by atoms with Crippen molar-refractivity contribution in [1.29, 1.82) is 0 Å². The van der Waals surface area contributed by atoms with Gasteiger partial charge in [0.1, 0.15) is 5.82 Å². The Morgan fingerprint density at radius 2 is 1.39 bits per heavy atom. The number of hydrogen-bond donors (Lipinski definition) is 0. The summed E-state index contributed by atoms with van der Waals surface area (Å²) in [4.78, 5) is 2.47. The highest BCUT2D eigenvalue weighted by molar-refractivity contribution is 5.65.